The first-order valence-corrected chi connectivity index (χ1v) is 9.92. The average molecular weight is 506 g/mol. The molecule has 0 bridgehead atoms. The van der Waals surface area contributed by atoms with Crippen LogP contribution in [0, 0.1) is 0 Å². The number of benzene rings is 2. The van der Waals surface area contributed by atoms with E-state index < -0.39 is 0 Å². The zero-order chi connectivity index (χ0) is 20.3. The summed E-state index contributed by atoms with van der Waals surface area (Å²) in [6.07, 6.45) is 3.52. The number of amides is 1. The largest absolute Gasteiger partial charge is 0.506 e. The standard InChI is InChI=1S/C20H18Br2N4O2/c1-25(2)14-5-7-15(8-6-14)26-9-3-4-16(26)12-23-24-20(28)13-10-17(21)19(27)18(22)11-13/h3-12,27H,1-2H3,(H,24,28)/b23-12-. The topological polar surface area (TPSA) is 69.9 Å². The molecular formula is C20H18Br2N4O2. The van der Waals surface area contributed by atoms with Gasteiger partial charge in [0, 0.05) is 37.2 Å². The van der Waals surface area contributed by atoms with Crippen LogP contribution in [0.2, 0.25) is 0 Å². The summed E-state index contributed by atoms with van der Waals surface area (Å²) < 4.78 is 2.82. The van der Waals surface area contributed by atoms with Crippen LogP contribution in [-0.2, 0) is 0 Å². The Kier molecular flexibility index (Phi) is 6.21. The second kappa shape index (κ2) is 8.62. The van der Waals surface area contributed by atoms with Crippen molar-refractivity contribution in [3.63, 3.8) is 0 Å². The quantitative estimate of drug-likeness (QED) is 0.395. The first-order valence-electron chi connectivity index (χ1n) is 8.33. The van der Waals surface area contributed by atoms with E-state index in [9.17, 15) is 9.90 Å². The van der Waals surface area contributed by atoms with Gasteiger partial charge in [0.25, 0.3) is 5.91 Å². The van der Waals surface area contributed by atoms with E-state index in [2.05, 4.69) is 42.4 Å². The highest BCUT2D eigenvalue weighted by Crippen LogP contribution is 2.33. The van der Waals surface area contributed by atoms with Crippen LogP contribution in [0.3, 0.4) is 0 Å². The third kappa shape index (κ3) is 4.45. The maximum atomic E-state index is 12.3. The number of nitrogens with one attached hydrogen (secondary N) is 1. The molecule has 8 heteroatoms. The zero-order valence-corrected chi connectivity index (χ0v) is 18.4. The minimum absolute atomic E-state index is 0.0400. The summed E-state index contributed by atoms with van der Waals surface area (Å²) in [5.74, 6) is -0.343. The Balaban J connectivity index is 1.74. The van der Waals surface area contributed by atoms with Crippen molar-refractivity contribution in [1.29, 1.82) is 0 Å². The molecule has 3 aromatic rings. The van der Waals surface area contributed by atoms with Crippen LogP contribution >= 0.6 is 31.9 Å². The zero-order valence-electron chi connectivity index (χ0n) is 15.2. The fraction of sp³-hybridized carbons (Fsp3) is 0.100. The number of rotatable bonds is 5. The van der Waals surface area contributed by atoms with E-state index in [1.165, 1.54) is 12.1 Å². The molecule has 0 saturated heterocycles. The predicted octanol–water partition coefficient (Wildman–Crippen LogP) is 4.54. The van der Waals surface area contributed by atoms with Gasteiger partial charge in [-0.25, -0.2) is 5.43 Å². The Morgan fingerprint density at radius 3 is 2.39 bits per heavy atom. The normalized spacial score (nSPS) is 11.0. The van der Waals surface area contributed by atoms with Gasteiger partial charge in [-0.1, -0.05) is 0 Å². The maximum absolute atomic E-state index is 12.3. The number of carbonyl (C=O) groups excluding carboxylic acids is 1. The number of hydrazone groups is 1. The lowest BCUT2D eigenvalue weighted by Gasteiger charge is -2.13. The van der Waals surface area contributed by atoms with Crippen LogP contribution in [-0.4, -0.2) is 35.9 Å². The minimum atomic E-state index is -0.383. The monoisotopic (exact) mass is 504 g/mol. The molecule has 0 radical (unpaired) electrons. The number of aromatic nitrogens is 1. The van der Waals surface area contributed by atoms with E-state index in [1.54, 1.807) is 6.21 Å². The van der Waals surface area contributed by atoms with E-state index in [1.807, 2.05) is 66.2 Å². The first-order chi connectivity index (χ1) is 13.4. The summed E-state index contributed by atoms with van der Waals surface area (Å²) in [5.41, 5.74) is 5.80. The summed E-state index contributed by atoms with van der Waals surface area (Å²) in [6, 6.07) is 15.0. The van der Waals surface area contributed by atoms with Crippen molar-refractivity contribution in [2.75, 3.05) is 19.0 Å². The van der Waals surface area contributed by atoms with E-state index in [0.29, 0.717) is 14.5 Å². The van der Waals surface area contributed by atoms with Crippen LogP contribution in [0.1, 0.15) is 16.1 Å². The predicted molar refractivity (Wildman–Crippen MR) is 119 cm³/mol. The van der Waals surface area contributed by atoms with Crippen molar-refractivity contribution < 1.29 is 9.90 Å². The van der Waals surface area contributed by atoms with Crippen molar-refractivity contribution in [3.8, 4) is 11.4 Å². The highest BCUT2D eigenvalue weighted by Gasteiger charge is 2.11. The van der Waals surface area contributed by atoms with Gasteiger partial charge in [-0.2, -0.15) is 5.10 Å². The number of hydrogen-bond donors (Lipinski definition) is 2. The Morgan fingerprint density at radius 2 is 1.79 bits per heavy atom. The van der Waals surface area contributed by atoms with Crippen molar-refractivity contribution in [1.82, 2.24) is 9.99 Å². The fourth-order valence-corrected chi connectivity index (χ4v) is 3.75. The Hall–Kier alpha value is -2.58. The number of carbonyl (C=O) groups is 1. The van der Waals surface area contributed by atoms with Crippen LogP contribution in [0.4, 0.5) is 5.69 Å². The van der Waals surface area contributed by atoms with Gasteiger partial charge < -0.3 is 14.6 Å². The number of nitrogens with zero attached hydrogens (tertiary/aromatic N) is 3. The molecule has 28 heavy (non-hydrogen) atoms. The molecule has 1 heterocycles. The molecule has 0 spiro atoms. The van der Waals surface area contributed by atoms with Crippen LogP contribution < -0.4 is 10.3 Å². The lowest BCUT2D eigenvalue weighted by molar-refractivity contribution is 0.0955. The molecule has 144 valence electrons. The summed E-state index contributed by atoms with van der Waals surface area (Å²) >= 11 is 6.42. The third-order valence-electron chi connectivity index (χ3n) is 4.07. The number of aromatic hydroxyl groups is 1. The highest BCUT2D eigenvalue weighted by atomic mass is 79.9. The molecule has 0 aliphatic rings. The average Bonchev–Trinajstić information content (AvgIpc) is 3.14. The third-order valence-corrected chi connectivity index (χ3v) is 5.28. The van der Waals surface area contributed by atoms with Gasteiger partial charge in [0.15, 0.2) is 0 Å². The molecule has 1 amide bonds. The van der Waals surface area contributed by atoms with Crippen LogP contribution in [0.5, 0.6) is 5.75 Å². The Morgan fingerprint density at radius 1 is 1.14 bits per heavy atom. The number of phenolic OH excluding ortho intramolecular Hbond substituents is 1. The van der Waals surface area contributed by atoms with Crippen LogP contribution in [0.15, 0.2) is 68.8 Å². The van der Waals surface area contributed by atoms with E-state index >= 15 is 0 Å². The molecule has 0 atom stereocenters. The number of anilines is 1. The van der Waals surface area contributed by atoms with Gasteiger partial charge in [0.1, 0.15) is 5.75 Å². The van der Waals surface area contributed by atoms with Gasteiger partial charge in [0.2, 0.25) is 0 Å². The second-order valence-electron chi connectivity index (χ2n) is 6.20. The highest BCUT2D eigenvalue weighted by molar-refractivity contribution is 9.11. The molecule has 6 nitrogen and oxygen atoms in total. The van der Waals surface area contributed by atoms with E-state index in [0.717, 1.165) is 17.1 Å². The maximum Gasteiger partial charge on any atom is 0.271 e. The lowest BCUT2D eigenvalue weighted by atomic mass is 10.2. The molecule has 2 N–H and O–H groups in total. The summed E-state index contributed by atoms with van der Waals surface area (Å²) in [7, 11) is 3.99. The molecule has 0 aliphatic carbocycles. The van der Waals surface area contributed by atoms with E-state index in [4.69, 9.17) is 0 Å². The smallest absolute Gasteiger partial charge is 0.271 e. The van der Waals surface area contributed by atoms with Crippen molar-refractivity contribution >= 4 is 49.7 Å². The summed E-state index contributed by atoms with van der Waals surface area (Å²) in [4.78, 5) is 14.3. The minimum Gasteiger partial charge on any atom is -0.506 e. The molecule has 0 saturated carbocycles. The molecule has 1 aromatic heterocycles. The van der Waals surface area contributed by atoms with Gasteiger partial charge in [-0.3, -0.25) is 4.79 Å². The molecule has 0 aliphatic heterocycles. The van der Waals surface area contributed by atoms with Gasteiger partial charge in [-0.15, -0.1) is 0 Å². The fourth-order valence-electron chi connectivity index (χ4n) is 2.56. The number of hydrogen-bond acceptors (Lipinski definition) is 4. The number of halogens is 2. The van der Waals surface area contributed by atoms with Crippen molar-refractivity contribution in [3.05, 3.63) is 74.9 Å². The summed E-state index contributed by atoms with van der Waals surface area (Å²) in [6.45, 7) is 0. The summed E-state index contributed by atoms with van der Waals surface area (Å²) in [5, 5.41) is 13.8. The van der Waals surface area contributed by atoms with E-state index in [-0.39, 0.29) is 11.7 Å². The SMILES string of the molecule is CN(C)c1ccc(-n2cccc2/C=N\NC(=O)c2cc(Br)c(O)c(Br)c2)cc1. The first kappa shape index (κ1) is 20.2. The van der Waals surface area contributed by atoms with Gasteiger partial charge >= 0.3 is 0 Å². The van der Waals surface area contributed by atoms with Crippen molar-refractivity contribution in [2.45, 2.75) is 0 Å². The molecule has 3 rings (SSSR count). The lowest BCUT2D eigenvalue weighted by Crippen LogP contribution is -2.18. The molecule has 0 fully saturated rings. The molecule has 2 aromatic carbocycles. The Labute approximate surface area is 179 Å². The van der Waals surface area contributed by atoms with Crippen LogP contribution in [0.25, 0.3) is 5.69 Å². The van der Waals surface area contributed by atoms with Gasteiger partial charge in [-0.05, 0) is 80.4 Å². The second-order valence-corrected chi connectivity index (χ2v) is 7.91. The molecular weight excluding hydrogens is 488 g/mol. The molecule has 0 unspecified atom stereocenters. The number of phenols is 1. The Bertz CT molecular complexity index is 1000. The van der Waals surface area contributed by atoms with Crippen molar-refractivity contribution in [2.24, 2.45) is 5.10 Å². The van der Waals surface area contributed by atoms with Gasteiger partial charge in [0.05, 0.1) is 20.9 Å².